The van der Waals surface area contributed by atoms with Gasteiger partial charge in [0.2, 0.25) is 17.7 Å². The number of nitrogens with one attached hydrogen (secondary N) is 3. The summed E-state index contributed by atoms with van der Waals surface area (Å²) in [6.45, 7) is 0.833. The van der Waals surface area contributed by atoms with E-state index < -0.39 is 29.8 Å². The Morgan fingerprint density at radius 1 is 1.08 bits per heavy atom. The second kappa shape index (κ2) is 11.8. The van der Waals surface area contributed by atoms with E-state index in [1.807, 2.05) is 0 Å². The van der Waals surface area contributed by atoms with Gasteiger partial charge in [-0.15, -0.1) is 0 Å². The third-order valence-corrected chi connectivity index (χ3v) is 6.47. The Kier molecular flexibility index (Phi) is 8.27. The zero-order chi connectivity index (χ0) is 26.4. The second-order valence-electron chi connectivity index (χ2n) is 9.51. The highest BCUT2D eigenvalue weighted by atomic mass is 16.5. The molecule has 1 aliphatic heterocycles. The average Bonchev–Trinajstić information content (AvgIpc) is 3.71. The molecule has 10 heteroatoms. The number of benzene rings is 2. The maximum absolute atomic E-state index is 13.3. The van der Waals surface area contributed by atoms with E-state index in [0.29, 0.717) is 18.2 Å². The van der Waals surface area contributed by atoms with Crippen LogP contribution in [0.4, 0.5) is 0 Å². The van der Waals surface area contributed by atoms with Gasteiger partial charge in [0.05, 0.1) is 18.5 Å². The number of carbonyl (C=O) groups excluding carboxylic acids is 4. The molecule has 1 aliphatic carbocycles. The fraction of sp³-hybridized carbons (Fsp3) is 0.407. The van der Waals surface area contributed by atoms with Gasteiger partial charge in [-0.1, -0.05) is 24.3 Å². The fourth-order valence-electron chi connectivity index (χ4n) is 4.09. The molecule has 1 heterocycles. The first-order chi connectivity index (χ1) is 17.8. The van der Waals surface area contributed by atoms with Crippen molar-refractivity contribution in [3.8, 4) is 11.5 Å². The second-order valence-corrected chi connectivity index (χ2v) is 9.51. The van der Waals surface area contributed by atoms with Gasteiger partial charge in [0, 0.05) is 20.0 Å². The lowest BCUT2D eigenvalue weighted by Gasteiger charge is -2.27. The molecule has 2 aromatic carbocycles. The van der Waals surface area contributed by atoms with Crippen LogP contribution in [-0.2, 0) is 20.8 Å². The van der Waals surface area contributed by atoms with Crippen LogP contribution in [0.2, 0.25) is 0 Å². The number of rotatable bonds is 5. The summed E-state index contributed by atoms with van der Waals surface area (Å²) >= 11 is 0. The van der Waals surface area contributed by atoms with E-state index >= 15 is 0 Å². The Balaban J connectivity index is 1.59. The van der Waals surface area contributed by atoms with Crippen molar-refractivity contribution in [2.75, 3.05) is 26.7 Å². The number of ether oxygens (including phenoxy) is 1. The predicted molar refractivity (Wildman–Crippen MR) is 135 cm³/mol. The number of fused-ring (bicyclic) bond motifs is 1. The summed E-state index contributed by atoms with van der Waals surface area (Å²) in [5.74, 6) is -1.02. The van der Waals surface area contributed by atoms with Gasteiger partial charge in [0.25, 0.3) is 5.91 Å². The van der Waals surface area contributed by atoms with Crippen molar-refractivity contribution in [1.29, 1.82) is 0 Å². The Hall–Kier alpha value is -4.08. The van der Waals surface area contributed by atoms with Crippen LogP contribution in [0, 0.1) is 5.92 Å². The summed E-state index contributed by atoms with van der Waals surface area (Å²) in [5.41, 5.74) is 0.974. The highest BCUT2D eigenvalue weighted by molar-refractivity contribution is 6.01. The lowest BCUT2D eigenvalue weighted by molar-refractivity contribution is -0.136. The number of hydrogen-bond acceptors (Lipinski definition) is 6. The number of hydrogen-bond donors (Lipinski definition) is 4. The zero-order valence-corrected chi connectivity index (χ0v) is 20.7. The molecule has 10 nitrogen and oxygen atoms in total. The molecule has 0 aromatic heterocycles. The van der Waals surface area contributed by atoms with Gasteiger partial charge in [-0.2, -0.15) is 0 Å². The highest BCUT2D eigenvalue weighted by Gasteiger charge is 2.31. The SMILES string of the molecule is CN1CCOc2ccccc2C(=O)N[C@H](C(=O)NCC2CC2)CC(=O)N[C@@H](Cc2ccc(O)cc2)C1=O. The molecular formula is C27H32N4O6. The third-order valence-electron chi connectivity index (χ3n) is 6.47. The molecule has 4 N–H and O–H groups in total. The van der Waals surface area contributed by atoms with Crippen molar-refractivity contribution in [3.05, 3.63) is 59.7 Å². The summed E-state index contributed by atoms with van der Waals surface area (Å²) in [6.07, 6.45) is 1.92. The van der Waals surface area contributed by atoms with Crippen LogP contribution >= 0.6 is 0 Å². The molecule has 1 fully saturated rings. The van der Waals surface area contributed by atoms with E-state index in [1.54, 1.807) is 43.4 Å². The minimum Gasteiger partial charge on any atom is -0.508 e. The molecule has 4 rings (SSSR count). The first kappa shape index (κ1) is 26.0. The number of carbonyl (C=O) groups is 4. The molecule has 0 unspecified atom stereocenters. The lowest BCUT2D eigenvalue weighted by Crippen LogP contribution is -2.53. The summed E-state index contributed by atoms with van der Waals surface area (Å²) in [4.78, 5) is 53.9. The topological polar surface area (TPSA) is 137 Å². The minimum absolute atomic E-state index is 0.0930. The van der Waals surface area contributed by atoms with Crippen LogP contribution in [0.5, 0.6) is 11.5 Å². The summed E-state index contributed by atoms with van der Waals surface area (Å²) < 4.78 is 5.82. The van der Waals surface area contributed by atoms with E-state index in [1.165, 1.54) is 17.0 Å². The highest BCUT2D eigenvalue weighted by Crippen LogP contribution is 2.27. The zero-order valence-electron chi connectivity index (χ0n) is 20.7. The Morgan fingerprint density at radius 3 is 2.54 bits per heavy atom. The number of amides is 4. The van der Waals surface area contributed by atoms with Crippen LogP contribution in [0.15, 0.2) is 48.5 Å². The van der Waals surface area contributed by atoms with Gasteiger partial charge in [-0.3, -0.25) is 19.2 Å². The molecule has 2 aromatic rings. The van der Waals surface area contributed by atoms with Crippen molar-refractivity contribution in [2.24, 2.45) is 5.92 Å². The normalized spacial score (nSPS) is 21.1. The van der Waals surface area contributed by atoms with Crippen LogP contribution in [0.1, 0.15) is 35.2 Å². The van der Waals surface area contributed by atoms with Crippen molar-refractivity contribution in [2.45, 2.75) is 37.8 Å². The van der Waals surface area contributed by atoms with Crippen LogP contribution in [-0.4, -0.2) is 72.5 Å². The molecule has 0 radical (unpaired) electrons. The van der Waals surface area contributed by atoms with Gasteiger partial charge in [-0.05, 0) is 48.6 Å². The van der Waals surface area contributed by atoms with Crippen molar-refractivity contribution < 1.29 is 29.0 Å². The molecule has 37 heavy (non-hydrogen) atoms. The van der Waals surface area contributed by atoms with Gasteiger partial charge in [0.15, 0.2) is 0 Å². The van der Waals surface area contributed by atoms with Gasteiger partial charge in [-0.25, -0.2) is 0 Å². The summed E-state index contributed by atoms with van der Waals surface area (Å²) in [5, 5.41) is 17.8. The largest absolute Gasteiger partial charge is 0.508 e. The Bertz CT molecular complexity index is 1150. The molecule has 0 spiro atoms. The van der Waals surface area contributed by atoms with Crippen LogP contribution in [0.3, 0.4) is 0 Å². The van der Waals surface area contributed by atoms with E-state index in [-0.39, 0.29) is 43.2 Å². The quantitative estimate of drug-likeness (QED) is 0.475. The molecule has 2 aliphatic rings. The van der Waals surface area contributed by atoms with Crippen molar-refractivity contribution >= 4 is 23.6 Å². The number of phenolic OH excluding ortho intramolecular Hbond substituents is 1. The van der Waals surface area contributed by atoms with E-state index in [4.69, 9.17) is 4.74 Å². The predicted octanol–water partition coefficient (Wildman–Crippen LogP) is 0.985. The number of para-hydroxylation sites is 1. The summed E-state index contributed by atoms with van der Waals surface area (Å²) in [6, 6.07) is 11.0. The summed E-state index contributed by atoms with van der Waals surface area (Å²) in [7, 11) is 1.61. The molecule has 4 amide bonds. The third kappa shape index (κ3) is 7.22. The minimum atomic E-state index is -1.13. The van der Waals surface area contributed by atoms with E-state index in [0.717, 1.165) is 18.4 Å². The van der Waals surface area contributed by atoms with Crippen molar-refractivity contribution in [3.63, 3.8) is 0 Å². The molecule has 0 bridgehead atoms. The van der Waals surface area contributed by atoms with Gasteiger partial charge < -0.3 is 30.7 Å². The molecule has 196 valence electrons. The average molecular weight is 509 g/mol. The Labute approximate surface area is 215 Å². The number of aromatic hydroxyl groups is 1. The first-order valence-corrected chi connectivity index (χ1v) is 12.4. The monoisotopic (exact) mass is 508 g/mol. The molecule has 1 saturated carbocycles. The fourth-order valence-corrected chi connectivity index (χ4v) is 4.09. The smallest absolute Gasteiger partial charge is 0.255 e. The van der Waals surface area contributed by atoms with Crippen LogP contribution < -0.4 is 20.7 Å². The molecule has 0 saturated heterocycles. The Morgan fingerprint density at radius 2 is 1.81 bits per heavy atom. The lowest BCUT2D eigenvalue weighted by atomic mass is 10.0. The number of nitrogens with zero attached hydrogens (tertiary/aromatic N) is 1. The number of phenols is 1. The van der Waals surface area contributed by atoms with Crippen LogP contribution in [0.25, 0.3) is 0 Å². The molecular weight excluding hydrogens is 476 g/mol. The molecule has 2 atom stereocenters. The van der Waals surface area contributed by atoms with Gasteiger partial charge >= 0.3 is 0 Å². The number of likely N-dealkylation sites (N-methyl/N-ethyl adjacent to an activating group) is 1. The maximum Gasteiger partial charge on any atom is 0.255 e. The van der Waals surface area contributed by atoms with Crippen molar-refractivity contribution in [1.82, 2.24) is 20.9 Å². The van der Waals surface area contributed by atoms with E-state index in [9.17, 15) is 24.3 Å². The first-order valence-electron chi connectivity index (χ1n) is 12.4. The van der Waals surface area contributed by atoms with E-state index in [2.05, 4.69) is 16.0 Å². The maximum atomic E-state index is 13.3. The van der Waals surface area contributed by atoms with Gasteiger partial charge in [0.1, 0.15) is 30.2 Å². The standard InChI is InChI=1S/C27H32N4O6/c1-31-12-13-37-23-5-3-2-4-20(23)25(34)30-21(26(35)28-16-18-6-7-18)15-24(33)29-22(27(31)36)14-17-8-10-19(32)11-9-17/h2-5,8-11,18,21-22,32H,6-7,12-16H2,1H3,(H,28,35)(H,29,33)(H,30,34)/t21-,22-/m0/s1.